The molecule has 0 aromatic heterocycles. The predicted octanol–water partition coefficient (Wildman–Crippen LogP) is 14.1. The van der Waals surface area contributed by atoms with Gasteiger partial charge in [-0.1, -0.05) is 189 Å². The molecular weight excluding hydrogens is 811 g/mol. The monoisotopic (exact) mass is 910 g/mol. The Hall–Kier alpha value is -3.23. The minimum atomic E-state index is -1.13. The average molecular weight is 910 g/mol. The molecule has 0 saturated carbocycles. The molecule has 0 spiro atoms. The van der Waals surface area contributed by atoms with E-state index in [4.69, 9.17) is 14.2 Å². The van der Waals surface area contributed by atoms with Crippen molar-refractivity contribution >= 4 is 17.9 Å². The number of nitrogens with zero attached hydrogens (tertiary/aromatic N) is 1. The fourth-order valence-electron chi connectivity index (χ4n) is 7.50. The lowest BCUT2D eigenvalue weighted by Gasteiger charge is -2.34. The maximum atomic E-state index is 12.8. The SMILES string of the molecule is CC/C=C/C/C=C/C/C=C/C/C=C/CCCCCCCCC(=O)OC(COCCC(C(=O)[O-])[N+](C)(C)C)COC(=O)CCCCCCCCC/C=C/C/C=C/CCCCCCCCCC. The number of hydrogen-bond donors (Lipinski definition) is 0. The van der Waals surface area contributed by atoms with E-state index >= 15 is 0 Å². The summed E-state index contributed by atoms with van der Waals surface area (Å²) >= 11 is 0. The molecule has 0 N–H and O–H groups in total. The van der Waals surface area contributed by atoms with E-state index in [9.17, 15) is 19.5 Å². The van der Waals surface area contributed by atoms with Crippen LogP contribution in [-0.4, -0.2) is 75.5 Å². The van der Waals surface area contributed by atoms with Gasteiger partial charge in [0.15, 0.2) is 6.10 Å². The molecule has 0 aliphatic carbocycles. The van der Waals surface area contributed by atoms with Gasteiger partial charge in [0.1, 0.15) is 12.6 Å². The smallest absolute Gasteiger partial charge is 0.306 e. The van der Waals surface area contributed by atoms with E-state index in [1.54, 1.807) is 21.1 Å². The second-order valence-corrected chi connectivity index (χ2v) is 18.7. The van der Waals surface area contributed by atoms with Crippen molar-refractivity contribution in [1.82, 2.24) is 0 Å². The molecule has 8 heteroatoms. The Bertz CT molecular complexity index is 1290. The number of esters is 2. The molecule has 2 unspecified atom stereocenters. The summed E-state index contributed by atoms with van der Waals surface area (Å²) in [6.45, 7) is 4.54. The van der Waals surface area contributed by atoms with Gasteiger partial charge in [0, 0.05) is 19.3 Å². The van der Waals surface area contributed by atoms with Crippen LogP contribution in [0.2, 0.25) is 0 Å². The largest absolute Gasteiger partial charge is 0.544 e. The van der Waals surface area contributed by atoms with E-state index in [0.29, 0.717) is 12.8 Å². The fourth-order valence-corrected chi connectivity index (χ4v) is 7.50. The fraction of sp³-hybridized carbons (Fsp3) is 0.737. The van der Waals surface area contributed by atoms with Crippen molar-refractivity contribution in [3.8, 4) is 0 Å². The van der Waals surface area contributed by atoms with Crippen LogP contribution in [0.1, 0.15) is 219 Å². The van der Waals surface area contributed by atoms with Crippen molar-refractivity contribution in [2.45, 2.75) is 231 Å². The number of hydrogen-bond acceptors (Lipinski definition) is 7. The minimum absolute atomic E-state index is 0.0292. The first-order valence-corrected chi connectivity index (χ1v) is 26.5. The van der Waals surface area contributed by atoms with E-state index in [2.05, 4.69) is 86.8 Å². The Kier molecular flexibility index (Phi) is 44.9. The van der Waals surface area contributed by atoms with E-state index in [1.165, 1.54) is 96.3 Å². The van der Waals surface area contributed by atoms with Crippen molar-refractivity contribution in [2.24, 2.45) is 0 Å². The molecule has 2 atom stereocenters. The molecule has 0 aliphatic rings. The van der Waals surface area contributed by atoms with Gasteiger partial charge in [-0.05, 0) is 83.5 Å². The van der Waals surface area contributed by atoms with Crippen LogP contribution in [0.3, 0.4) is 0 Å². The van der Waals surface area contributed by atoms with Crippen LogP contribution >= 0.6 is 0 Å². The third-order valence-corrected chi connectivity index (χ3v) is 11.6. The maximum Gasteiger partial charge on any atom is 0.306 e. The quantitative estimate of drug-likeness (QED) is 0.0259. The Morgan fingerprint density at radius 3 is 1.28 bits per heavy atom. The van der Waals surface area contributed by atoms with Crippen molar-refractivity contribution in [2.75, 3.05) is 41.0 Å². The summed E-state index contributed by atoms with van der Waals surface area (Å²) in [4.78, 5) is 37.1. The molecule has 0 amide bonds. The van der Waals surface area contributed by atoms with Gasteiger partial charge in [0.2, 0.25) is 0 Å². The average Bonchev–Trinajstić information content (AvgIpc) is 3.27. The standard InChI is InChI=1S/C57H99NO7/c1-6-8-10-12-14-16-18-20-22-24-26-27-28-30-31-33-35-37-39-41-43-45-47-55(59)64-52-53(51-63-50-49-54(57(61)62)58(3,4)5)65-56(60)48-46-44-42-40-38-36-34-32-29-25-23-21-19-17-15-13-11-9-7-2/h9,11,15,17,21,23-24,26,28-30,32,53-54H,6-8,10,12-14,16,18-20,22,25,27,31,33-52H2,1-5H3/b11-9+,17-15+,23-21+,26-24+,30-28+,32-29+. The summed E-state index contributed by atoms with van der Waals surface area (Å²) in [5.74, 6) is -1.76. The molecule has 0 radical (unpaired) electrons. The topological polar surface area (TPSA) is 102 Å². The second-order valence-electron chi connectivity index (χ2n) is 18.7. The van der Waals surface area contributed by atoms with Crippen molar-refractivity contribution in [3.05, 3.63) is 72.9 Å². The predicted molar refractivity (Wildman–Crippen MR) is 272 cm³/mol. The molecule has 8 nitrogen and oxygen atoms in total. The third-order valence-electron chi connectivity index (χ3n) is 11.6. The highest BCUT2D eigenvalue weighted by Crippen LogP contribution is 2.14. The molecule has 0 rings (SSSR count). The Morgan fingerprint density at radius 1 is 0.477 bits per heavy atom. The molecule has 0 bridgehead atoms. The first-order valence-electron chi connectivity index (χ1n) is 26.5. The summed E-state index contributed by atoms with van der Waals surface area (Å²) in [5.41, 5.74) is 0. The van der Waals surface area contributed by atoms with Crippen LogP contribution < -0.4 is 5.11 Å². The Morgan fingerprint density at radius 2 is 0.862 bits per heavy atom. The van der Waals surface area contributed by atoms with Gasteiger partial charge in [0.05, 0.1) is 40.3 Å². The number of ether oxygens (including phenoxy) is 3. The van der Waals surface area contributed by atoms with Gasteiger partial charge in [-0.2, -0.15) is 0 Å². The van der Waals surface area contributed by atoms with Crippen LogP contribution in [0.5, 0.6) is 0 Å². The number of aliphatic carboxylic acids is 1. The molecule has 374 valence electrons. The van der Waals surface area contributed by atoms with E-state index in [1.807, 2.05) is 0 Å². The Balaban J connectivity index is 4.27. The number of carbonyl (C=O) groups is 3. The van der Waals surface area contributed by atoms with Crippen LogP contribution in [-0.2, 0) is 28.6 Å². The van der Waals surface area contributed by atoms with Gasteiger partial charge >= 0.3 is 11.9 Å². The molecule has 0 fully saturated rings. The zero-order valence-electron chi connectivity index (χ0n) is 42.6. The lowest BCUT2D eigenvalue weighted by molar-refractivity contribution is -0.889. The van der Waals surface area contributed by atoms with Crippen molar-refractivity contribution in [1.29, 1.82) is 0 Å². The second kappa shape index (κ2) is 47.3. The number of likely N-dealkylation sites (N-methyl/N-ethyl adjacent to an activating group) is 1. The molecular formula is C57H99NO7. The number of rotatable bonds is 47. The molecule has 0 heterocycles. The first-order chi connectivity index (χ1) is 31.6. The van der Waals surface area contributed by atoms with Crippen molar-refractivity contribution in [3.63, 3.8) is 0 Å². The van der Waals surface area contributed by atoms with Gasteiger partial charge in [-0.3, -0.25) is 9.59 Å². The van der Waals surface area contributed by atoms with Crippen LogP contribution in [0.25, 0.3) is 0 Å². The number of quaternary nitrogens is 1. The summed E-state index contributed by atoms with van der Waals surface area (Å²) < 4.78 is 17.2. The van der Waals surface area contributed by atoms with E-state index in [-0.39, 0.29) is 42.7 Å². The Labute approximate surface area is 400 Å². The third kappa shape index (κ3) is 45.7. The van der Waals surface area contributed by atoms with Gasteiger partial charge in [-0.15, -0.1) is 0 Å². The lowest BCUT2D eigenvalue weighted by Crippen LogP contribution is -2.55. The van der Waals surface area contributed by atoms with Crippen LogP contribution in [0, 0.1) is 0 Å². The maximum absolute atomic E-state index is 12.8. The molecule has 0 aromatic rings. The zero-order chi connectivity index (χ0) is 47.7. The minimum Gasteiger partial charge on any atom is -0.544 e. The first kappa shape index (κ1) is 61.8. The van der Waals surface area contributed by atoms with E-state index in [0.717, 1.165) is 89.9 Å². The van der Waals surface area contributed by atoms with Gasteiger partial charge < -0.3 is 28.6 Å². The molecule has 0 aromatic carbocycles. The summed E-state index contributed by atoms with van der Waals surface area (Å²) in [5, 5.41) is 11.7. The molecule has 0 saturated heterocycles. The highest BCUT2D eigenvalue weighted by atomic mass is 16.6. The number of carbonyl (C=O) groups excluding carboxylic acids is 3. The number of carboxylic acid groups (broad SMARTS) is 1. The zero-order valence-corrected chi connectivity index (χ0v) is 42.6. The summed E-state index contributed by atoms with van der Waals surface area (Å²) in [7, 11) is 5.41. The number of allylic oxidation sites excluding steroid dienone is 12. The lowest BCUT2D eigenvalue weighted by atomic mass is 10.1. The van der Waals surface area contributed by atoms with Crippen molar-refractivity contribution < 1.29 is 38.2 Å². The summed E-state index contributed by atoms with van der Waals surface area (Å²) in [6, 6.07) is -0.734. The highest BCUT2D eigenvalue weighted by molar-refractivity contribution is 5.70. The molecule has 0 aliphatic heterocycles. The number of carboxylic acids is 1. The van der Waals surface area contributed by atoms with Gasteiger partial charge in [0.25, 0.3) is 0 Å². The van der Waals surface area contributed by atoms with Gasteiger partial charge in [-0.25, -0.2) is 0 Å². The molecule has 65 heavy (non-hydrogen) atoms. The summed E-state index contributed by atoms with van der Waals surface area (Å²) in [6.07, 6.45) is 60.7. The highest BCUT2D eigenvalue weighted by Gasteiger charge is 2.25. The van der Waals surface area contributed by atoms with Crippen LogP contribution in [0.15, 0.2) is 72.9 Å². The van der Waals surface area contributed by atoms with Crippen LogP contribution in [0.4, 0.5) is 0 Å². The van der Waals surface area contributed by atoms with E-state index < -0.39 is 18.1 Å². The normalized spacial score (nSPS) is 13.4. The number of unbranched alkanes of at least 4 members (excludes halogenated alkanes) is 21.